The summed E-state index contributed by atoms with van der Waals surface area (Å²) in [7, 11) is 0. The van der Waals surface area contributed by atoms with E-state index in [-0.39, 0.29) is 24.0 Å². The maximum atomic E-state index is 12.2. The number of benzene rings is 1. The van der Waals surface area contributed by atoms with Crippen molar-refractivity contribution in [3.8, 4) is 28.5 Å². The first-order chi connectivity index (χ1) is 14.8. The van der Waals surface area contributed by atoms with Crippen molar-refractivity contribution in [2.75, 3.05) is 6.61 Å². The molecule has 0 radical (unpaired) electrons. The van der Waals surface area contributed by atoms with Crippen LogP contribution in [0, 0.1) is 0 Å². The van der Waals surface area contributed by atoms with E-state index >= 15 is 0 Å². The maximum Gasteiger partial charge on any atom is 0.272 e. The minimum atomic E-state index is -2.60. The van der Waals surface area contributed by atoms with Gasteiger partial charge in [0.1, 0.15) is 5.82 Å². The molecule has 0 saturated carbocycles. The van der Waals surface area contributed by atoms with Crippen molar-refractivity contribution in [2.24, 2.45) is 5.73 Å². The van der Waals surface area contributed by atoms with Crippen LogP contribution in [-0.4, -0.2) is 33.9 Å². The van der Waals surface area contributed by atoms with Gasteiger partial charge >= 0.3 is 0 Å². The van der Waals surface area contributed by atoms with Crippen LogP contribution in [0.1, 0.15) is 18.4 Å². The first-order valence-electron chi connectivity index (χ1n) is 9.37. The van der Waals surface area contributed by atoms with Crippen LogP contribution in [0.25, 0.3) is 22.6 Å². The summed E-state index contributed by atoms with van der Waals surface area (Å²) < 4.78 is 29.4. The number of pyridine rings is 1. The predicted molar refractivity (Wildman–Crippen MR) is 112 cm³/mol. The summed E-state index contributed by atoms with van der Waals surface area (Å²) in [5.74, 6) is -0.0600. The van der Waals surface area contributed by atoms with Gasteiger partial charge in [-0.15, -0.1) is 0 Å². The summed E-state index contributed by atoms with van der Waals surface area (Å²) >= 11 is 6.32. The number of halogens is 3. The van der Waals surface area contributed by atoms with Gasteiger partial charge in [0, 0.05) is 35.9 Å². The number of nitrogens with two attached hydrogens (primary N) is 1. The van der Waals surface area contributed by atoms with Crippen LogP contribution >= 0.6 is 11.6 Å². The van der Waals surface area contributed by atoms with E-state index in [1.54, 1.807) is 18.2 Å². The number of nitrogens with one attached hydrogen (secondary N) is 1. The zero-order valence-corrected chi connectivity index (χ0v) is 17.0. The summed E-state index contributed by atoms with van der Waals surface area (Å²) in [6.07, 6.45) is 0.253. The summed E-state index contributed by atoms with van der Waals surface area (Å²) in [5.41, 5.74) is 7.06. The minimum absolute atomic E-state index is 0.0424. The van der Waals surface area contributed by atoms with Crippen LogP contribution in [0.3, 0.4) is 0 Å². The van der Waals surface area contributed by atoms with Crippen LogP contribution in [0.5, 0.6) is 5.88 Å². The van der Waals surface area contributed by atoms with Crippen LogP contribution in [0.4, 0.5) is 8.78 Å². The van der Waals surface area contributed by atoms with Crippen molar-refractivity contribution in [1.29, 1.82) is 0 Å². The number of aryl methyl sites for hydroxylation is 1. The Hall–Kier alpha value is -3.33. The lowest BCUT2D eigenvalue weighted by molar-refractivity contribution is -0.118. The van der Waals surface area contributed by atoms with E-state index in [0.717, 1.165) is 5.56 Å². The summed E-state index contributed by atoms with van der Waals surface area (Å²) in [5, 5.41) is 0.396. The van der Waals surface area contributed by atoms with Gasteiger partial charge in [0.2, 0.25) is 11.8 Å². The highest BCUT2D eigenvalue weighted by atomic mass is 35.5. The first-order valence-corrected chi connectivity index (χ1v) is 9.75. The van der Waals surface area contributed by atoms with Crippen molar-refractivity contribution in [3.63, 3.8) is 0 Å². The van der Waals surface area contributed by atoms with Crippen LogP contribution < -0.4 is 16.0 Å². The molecule has 162 valence electrons. The van der Waals surface area contributed by atoms with E-state index in [1.807, 2.05) is 6.07 Å². The monoisotopic (exact) mass is 448 g/mol. The zero-order valence-electron chi connectivity index (χ0n) is 16.3. The number of carbonyl (C=O) groups excluding carboxylic acids is 1. The molecule has 10 heteroatoms. The van der Waals surface area contributed by atoms with Crippen LogP contribution in [0.2, 0.25) is 5.02 Å². The van der Waals surface area contributed by atoms with Gasteiger partial charge in [-0.3, -0.25) is 9.59 Å². The molecular weight excluding hydrogens is 430 g/mol. The summed E-state index contributed by atoms with van der Waals surface area (Å²) in [6.45, 7) is -0.756. The molecule has 1 amide bonds. The molecule has 7 nitrogen and oxygen atoms in total. The molecule has 0 aliphatic heterocycles. The Morgan fingerprint density at radius 1 is 1.23 bits per heavy atom. The molecule has 0 atom stereocenters. The van der Waals surface area contributed by atoms with Gasteiger partial charge in [-0.2, -0.15) is 0 Å². The van der Waals surface area contributed by atoms with E-state index in [1.165, 1.54) is 18.3 Å². The highest BCUT2D eigenvalue weighted by Gasteiger charge is 2.12. The number of rotatable bonds is 9. The van der Waals surface area contributed by atoms with E-state index < -0.39 is 18.6 Å². The Morgan fingerprint density at radius 3 is 2.71 bits per heavy atom. The number of aromatic amines is 1. The topological polar surface area (TPSA) is 111 Å². The Bertz CT molecular complexity index is 1120. The number of alkyl halides is 2. The molecule has 2 aromatic heterocycles. The second-order valence-electron chi connectivity index (χ2n) is 6.70. The second kappa shape index (κ2) is 10.1. The van der Waals surface area contributed by atoms with E-state index in [0.29, 0.717) is 34.7 Å². The second-order valence-corrected chi connectivity index (χ2v) is 7.11. The molecular formula is C21H19ClF2N4O3. The van der Waals surface area contributed by atoms with Crippen molar-refractivity contribution in [3.05, 3.63) is 63.5 Å². The Balaban J connectivity index is 1.87. The van der Waals surface area contributed by atoms with E-state index in [2.05, 4.69) is 15.0 Å². The smallest absolute Gasteiger partial charge is 0.272 e. The van der Waals surface area contributed by atoms with Crippen molar-refractivity contribution >= 4 is 17.5 Å². The number of hydrogen-bond acceptors (Lipinski definition) is 5. The maximum absolute atomic E-state index is 12.2. The van der Waals surface area contributed by atoms with Gasteiger partial charge < -0.3 is 15.5 Å². The fourth-order valence-corrected chi connectivity index (χ4v) is 3.08. The zero-order chi connectivity index (χ0) is 22.4. The van der Waals surface area contributed by atoms with Crippen LogP contribution in [0.15, 0.2) is 47.4 Å². The lowest BCUT2D eigenvalue weighted by Gasteiger charge is -2.09. The number of H-pyrrole nitrogens is 1. The third-order valence-electron chi connectivity index (χ3n) is 4.31. The number of primary amides is 1. The van der Waals surface area contributed by atoms with Crippen molar-refractivity contribution < 1.29 is 18.3 Å². The van der Waals surface area contributed by atoms with Crippen LogP contribution in [-0.2, 0) is 11.2 Å². The molecule has 3 N–H and O–H groups in total. The molecule has 3 rings (SSSR count). The fourth-order valence-electron chi connectivity index (χ4n) is 2.87. The molecule has 2 heterocycles. The minimum Gasteiger partial charge on any atom is -0.472 e. The molecule has 0 aliphatic carbocycles. The van der Waals surface area contributed by atoms with Gasteiger partial charge in [-0.1, -0.05) is 17.7 Å². The Kier molecular flexibility index (Phi) is 7.30. The molecule has 0 saturated heterocycles. The Labute approximate surface area is 181 Å². The predicted octanol–water partition coefficient (Wildman–Crippen LogP) is 3.60. The average Bonchev–Trinajstić information content (AvgIpc) is 2.73. The largest absolute Gasteiger partial charge is 0.472 e. The number of nitrogens with zero attached hydrogens (tertiary/aromatic N) is 2. The van der Waals surface area contributed by atoms with Gasteiger partial charge in [0.15, 0.2) is 6.61 Å². The number of amides is 1. The molecule has 0 aliphatic rings. The molecule has 0 fully saturated rings. The first kappa shape index (κ1) is 22.4. The van der Waals surface area contributed by atoms with Gasteiger partial charge in [-0.05, 0) is 36.6 Å². The molecule has 0 spiro atoms. The van der Waals surface area contributed by atoms with E-state index in [9.17, 15) is 18.4 Å². The number of ether oxygens (including phenoxy) is 1. The standard InChI is InChI=1S/C21H19ClF2N4O3/c22-15-6-4-12(2-1-3-18(25)29)8-14(15)21-27-16(9-19(30)28-21)13-5-7-20(26-10-13)31-11-17(23)24/h4-10,17H,1-3,11H2,(H2,25,29)(H,27,28,30). The van der Waals surface area contributed by atoms with Gasteiger partial charge in [-0.25, -0.2) is 18.7 Å². The number of hydrogen-bond donors (Lipinski definition) is 2. The fraction of sp³-hybridized carbons (Fsp3) is 0.238. The molecule has 31 heavy (non-hydrogen) atoms. The molecule has 0 bridgehead atoms. The normalized spacial score (nSPS) is 11.0. The van der Waals surface area contributed by atoms with E-state index in [4.69, 9.17) is 22.1 Å². The highest BCUT2D eigenvalue weighted by Crippen LogP contribution is 2.28. The third-order valence-corrected chi connectivity index (χ3v) is 4.64. The van der Waals surface area contributed by atoms with Crippen molar-refractivity contribution in [1.82, 2.24) is 15.0 Å². The molecule has 3 aromatic rings. The van der Waals surface area contributed by atoms with Gasteiger partial charge in [0.05, 0.1) is 10.7 Å². The number of carbonyl (C=O) groups is 1. The van der Waals surface area contributed by atoms with Gasteiger partial charge in [0.25, 0.3) is 12.0 Å². The third kappa shape index (κ3) is 6.32. The lowest BCUT2D eigenvalue weighted by Crippen LogP contribution is -2.10. The number of aromatic nitrogens is 3. The average molecular weight is 449 g/mol. The quantitative estimate of drug-likeness (QED) is 0.519. The van der Waals surface area contributed by atoms with Crippen molar-refractivity contribution in [2.45, 2.75) is 25.7 Å². The Morgan fingerprint density at radius 2 is 2.03 bits per heavy atom. The summed E-state index contributed by atoms with van der Waals surface area (Å²) in [4.78, 5) is 34.3. The highest BCUT2D eigenvalue weighted by molar-refractivity contribution is 6.33. The molecule has 0 unspecified atom stereocenters. The SMILES string of the molecule is NC(=O)CCCc1ccc(Cl)c(-c2nc(-c3ccc(OCC(F)F)nc3)cc(=O)[nH]2)c1. The summed E-state index contributed by atoms with van der Waals surface area (Å²) in [6, 6.07) is 9.61. The lowest BCUT2D eigenvalue weighted by atomic mass is 10.0. The molecule has 1 aromatic carbocycles.